The van der Waals surface area contributed by atoms with Gasteiger partial charge in [-0.2, -0.15) is 11.3 Å². The van der Waals surface area contributed by atoms with Gasteiger partial charge in [0.1, 0.15) is 0 Å². The highest BCUT2D eigenvalue weighted by molar-refractivity contribution is 7.85. The number of aliphatic imine (C=N–C) groups is 1. The zero-order chi connectivity index (χ0) is 17.2. The normalized spacial score (nSPS) is 14.2. The van der Waals surface area contributed by atoms with Crippen LogP contribution in [0.15, 0.2) is 57.0 Å². The van der Waals surface area contributed by atoms with Crippen LogP contribution in [0.2, 0.25) is 0 Å². The Kier molecular flexibility index (Phi) is 7.98. The van der Waals surface area contributed by atoms with Gasteiger partial charge in [-0.1, -0.05) is 25.1 Å². The summed E-state index contributed by atoms with van der Waals surface area (Å²) >= 11 is 1.71. The van der Waals surface area contributed by atoms with Gasteiger partial charge >= 0.3 is 0 Å². The molecule has 6 heteroatoms. The molecule has 0 spiro atoms. The van der Waals surface area contributed by atoms with Crippen LogP contribution in [0.3, 0.4) is 0 Å². The maximum Gasteiger partial charge on any atom is 0.191 e. The Balaban J connectivity index is 1.82. The van der Waals surface area contributed by atoms with Crippen molar-refractivity contribution in [1.82, 2.24) is 10.6 Å². The first-order valence-electron chi connectivity index (χ1n) is 8.18. The number of nitrogens with one attached hydrogen (secondary N) is 2. The lowest BCUT2D eigenvalue weighted by atomic mass is 10.1. The average Bonchev–Trinajstić information content (AvgIpc) is 3.14. The summed E-state index contributed by atoms with van der Waals surface area (Å²) in [6, 6.07) is 11.7. The third kappa shape index (κ3) is 6.09. The minimum atomic E-state index is -0.985. The minimum absolute atomic E-state index is 0.394. The molecule has 4 nitrogen and oxygen atoms in total. The Hall–Kier alpha value is -1.66. The molecule has 1 aromatic carbocycles. The van der Waals surface area contributed by atoms with Crippen molar-refractivity contribution >= 4 is 28.1 Å². The van der Waals surface area contributed by atoms with Crippen molar-refractivity contribution in [3.63, 3.8) is 0 Å². The van der Waals surface area contributed by atoms with Gasteiger partial charge in [-0.3, -0.25) is 9.20 Å². The van der Waals surface area contributed by atoms with Crippen LogP contribution >= 0.6 is 11.3 Å². The zero-order valence-corrected chi connectivity index (χ0v) is 15.8. The highest BCUT2D eigenvalue weighted by Crippen LogP contribution is 2.18. The molecule has 2 N–H and O–H groups in total. The first-order chi connectivity index (χ1) is 11.7. The summed E-state index contributed by atoms with van der Waals surface area (Å²) in [6.07, 6.45) is 0. The quantitative estimate of drug-likeness (QED) is 0.559. The van der Waals surface area contributed by atoms with Crippen molar-refractivity contribution in [2.24, 2.45) is 4.99 Å². The molecule has 0 bridgehead atoms. The van der Waals surface area contributed by atoms with Gasteiger partial charge in [0.2, 0.25) is 0 Å². The Morgan fingerprint density at radius 3 is 2.71 bits per heavy atom. The molecular weight excluding hydrogens is 338 g/mol. The molecule has 1 aromatic heterocycles. The molecule has 2 atom stereocenters. The number of hydrogen-bond acceptors (Lipinski definition) is 3. The van der Waals surface area contributed by atoms with Gasteiger partial charge in [0, 0.05) is 36.2 Å². The Labute approximate surface area is 150 Å². The molecule has 0 aliphatic carbocycles. The van der Waals surface area contributed by atoms with Gasteiger partial charge in [0.25, 0.3) is 0 Å². The van der Waals surface area contributed by atoms with Crippen molar-refractivity contribution in [2.75, 3.05) is 25.4 Å². The van der Waals surface area contributed by atoms with E-state index in [1.54, 1.807) is 11.3 Å². The average molecular weight is 364 g/mol. The van der Waals surface area contributed by atoms with Crippen LogP contribution in [0, 0.1) is 0 Å². The molecule has 0 fully saturated rings. The zero-order valence-electron chi connectivity index (χ0n) is 14.2. The second-order valence-corrected chi connectivity index (χ2v) is 7.82. The van der Waals surface area contributed by atoms with E-state index in [1.807, 2.05) is 37.3 Å². The lowest BCUT2D eigenvalue weighted by Gasteiger charge is -2.13. The lowest BCUT2D eigenvalue weighted by Crippen LogP contribution is -2.39. The predicted molar refractivity (Wildman–Crippen MR) is 104 cm³/mol. The maximum absolute atomic E-state index is 12.2. The molecule has 0 saturated heterocycles. The summed E-state index contributed by atoms with van der Waals surface area (Å²) in [5.41, 5.74) is 1.32. The van der Waals surface area contributed by atoms with E-state index in [0.29, 0.717) is 18.2 Å². The second kappa shape index (κ2) is 10.3. The van der Waals surface area contributed by atoms with Crippen molar-refractivity contribution < 1.29 is 4.21 Å². The van der Waals surface area contributed by atoms with Crippen LogP contribution in [0.5, 0.6) is 0 Å². The molecule has 0 aliphatic heterocycles. The van der Waals surface area contributed by atoms with Gasteiger partial charge in [-0.05, 0) is 41.4 Å². The van der Waals surface area contributed by atoms with Gasteiger partial charge < -0.3 is 10.6 Å². The van der Waals surface area contributed by atoms with Crippen LogP contribution < -0.4 is 10.6 Å². The van der Waals surface area contributed by atoms with E-state index in [0.717, 1.165) is 23.9 Å². The molecule has 0 saturated carbocycles. The van der Waals surface area contributed by atoms with E-state index >= 15 is 0 Å². The monoisotopic (exact) mass is 363 g/mol. The van der Waals surface area contributed by atoms with E-state index in [1.165, 1.54) is 5.56 Å². The Bertz CT molecular complexity index is 642. The predicted octanol–water partition coefficient (Wildman–Crippen LogP) is 3.21. The fourth-order valence-corrected chi connectivity index (χ4v) is 3.95. The number of thiophene rings is 1. The van der Waals surface area contributed by atoms with Gasteiger partial charge in [-0.15, -0.1) is 0 Å². The summed E-state index contributed by atoms with van der Waals surface area (Å²) in [6.45, 7) is 6.38. The van der Waals surface area contributed by atoms with Crippen LogP contribution in [0.25, 0.3) is 0 Å². The number of hydrogen-bond donors (Lipinski definition) is 2. The summed E-state index contributed by atoms with van der Waals surface area (Å²) in [7, 11) is -0.985. The number of rotatable bonds is 8. The summed E-state index contributed by atoms with van der Waals surface area (Å²) in [5.74, 6) is 1.74. The minimum Gasteiger partial charge on any atom is -0.357 e. The molecule has 0 radical (unpaired) electrons. The van der Waals surface area contributed by atoms with Gasteiger partial charge in [-0.25, -0.2) is 0 Å². The molecule has 0 aliphatic rings. The summed E-state index contributed by atoms with van der Waals surface area (Å²) in [4.78, 5) is 5.51. The van der Waals surface area contributed by atoms with Crippen molar-refractivity contribution in [2.45, 2.75) is 24.7 Å². The SMILES string of the molecule is CCNC(=NCC(C)c1ccsc1)NCCS(=O)c1ccccc1. The molecule has 2 aromatic rings. The molecule has 130 valence electrons. The molecule has 2 rings (SSSR count). The van der Waals surface area contributed by atoms with E-state index in [9.17, 15) is 4.21 Å². The van der Waals surface area contributed by atoms with E-state index < -0.39 is 10.8 Å². The third-order valence-corrected chi connectivity index (χ3v) is 5.64. The van der Waals surface area contributed by atoms with Crippen LogP contribution in [0.4, 0.5) is 0 Å². The number of guanidine groups is 1. The molecule has 24 heavy (non-hydrogen) atoms. The topological polar surface area (TPSA) is 53.5 Å². The second-order valence-electron chi connectivity index (χ2n) is 5.47. The van der Waals surface area contributed by atoms with E-state index in [4.69, 9.17) is 0 Å². The smallest absolute Gasteiger partial charge is 0.191 e. The largest absolute Gasteiger partial charge is 0.357 e. The first kappa shape index (κ1) is 18.7. The van der Waals surface area contributed by atoms with Gasteiger partial charge in [0.05, 0.1) is 10.8 Å². The summed E-state index contributed by atoms with van der Waals surface area (Å²) < 4.78 is 12.2. The third-order valence-electron chi connectivity index (χ3n) is 3.57. The number of nitrogens with zero attached hydrogens (tertiary/aromatic N) is 1. The van der Waals surface area contributed by atoms with E-state index in [-0.39, 0.29) is 0 Å². The van der Waals surface area contributed by atoms with Crippen molar-refractivity contribution in [1.29, 1.82) is 0 Å². The van der Waals surface area contributed by atoms with Crippen molar-refractivity contribution in [3.8, 4) is 0 Å². The number of benzene rings is 1. The fourth-order valence-electron chi connectivity index (χ4n) is 2.18. The summed E-state index contributed by atoms with van der Waals surface area (Å²) in [5, 5.41) is 10.8. The first-order valence-corrected chi connectivity index (χ1v) is 10.4. The standard InChI is InChI=1S/C18H25N3OS2/c1-3-19-18(21-13-15(2)16-9-11-23-14-16)20-10-12-24(22)17-7-5-4-6-8-17/h4-9,11,14-15H,3,10,12-13H2,1-2H3,(H2,19,20,21). The van der Waals surface area contributed by atoms with Crippen LogP contribution in [-0.2, 0) is 10.8 Å². The maximum atomic E-state index is 12.2. The Morgan fingerprint density at radius 2 is 2.04 bits per heavy atom. The fraction of sp³-hybridized carbons (Fsp3) is 0.389. The van der Waals surface area contributed by atoms with Crippen LogP contribution in [-0.4, -0.2) is 35.6 Å². The highest BCUT2D eigenvalue weighted by Gasteiger charge is 2.07. The van der Waals surface area contributed by atoms with Crippen LogP contribution in [0.1, 0.15) is 25.3 Å². The molecule has 0 amide bonds. The lowest BCUT2D eigenvalue weighted by molar-refractivity contribution is 0.681. The molecular formula is C18H25N3OS2. The molecule has 1 heterocycles. The van der Waals surface area contributed by atoms with Gasteiger partial charge in [0.15, 0.2) is 5.96 Å². The van der Waals surface area contributed by atoms with Crippen molar-refractivity contribution in [3.05, 3.63) is 52.7 Å². The molecule has 2 unspecified atom stereocenters. The highest BCUT2D eigenvalue weighted by atomic mass is 32.2. The van der Waals surface area contributed by atoms with E-state index in [2.05, 4.69) is 39.4 Å². The Morgan fingerprint density at radius 1 is 1.25 bits per heavy atom.